The average Bonchev–Trinajstić information content (AvgIpc) is 2.73. The second kappa shape index (κ2) is 9.94. The zero-order chi connectivity index (χ0) is 24.1. The molecule has 2 rings (SSSR count). The number of rotatable bonds is 6. The van der Waals surface area contributed by atoms with Gasteiger partial charge in [-0.1, -0.05) is 53.7 Å². The van der Waals surface area contributed by atoms with E-state index in [9.17, 15) is 9.59 Å². The van der Waals surface area contributed by atoms with Crippen molar-refractivity contribution >= 4 is 11.8 Å². The molecule has 0 aliphatic heterocycles. The van der Waals surface area contributed by atoms with E-state index in [2.05, 4.69) is 58.5 Å². The number of amides is 2. The van der Waals surface area contributed by atoms with E-state index in [4.69, 9.17) is 14.2 Å². The largest absolute Gasteiger partial charge is 0.493 e. The summed E-state index contributed by atoms with van der Waals surface area (Å²) < 4.78 is 16.2. The molecule has 0 spiro atoms. The van der Waals surface area contributed by atoms with Crippen molar-refractivity contribution in [2.24, 2.45) is 0 Å². The number of benzene rings is 2. The number of hydrogen-bond donors (Lipinski definition) is 2. The lowest BCUT2D eigenvalue weighted by Gasteiger charge is -2.27. The maximum Gasteiger partial charge on any atom is 0.276 e. The van der Waals surface area contributed by atoms with Gasteiger partial charge in [-0.25, -0.2) is 0 Å². The zero-order valence-electron chi connectivity index (χ0n) is 20.2. The Bertz CT molecular complexity index is 971. The summed E-state index contributed by atoms with van der Waals surface area (Å²) in [6, 6.07) is 10.8. The van der Waals surface area contributed by atoms with Crippen LogP contribution in [0.5, 0.6) is 17.2 Å². The van der Waals surface area contributed by atoms with E-state index in [0.29, 0.717) is 22.8 Å². The van der Waals surface area contributed by atoms with Crippen LogP contribution in [-0.4, -0.2) is 32.6 Å². The number of carbonyl (C=O) groups is 2. The van der Waals surface area contributed by atoms with Gasteiger partial charge in [0.25, 0.3) is 11.8 Å². The quantitative estimate of drug-likeness (QED) is 0.657. The second-order valence-electron chi connectivity index (χ2n) is 9.57. The van der Waals surface area contributed by atoms with E-state index < -0.39 is 11.8 Å². The molecule has 0 heterocycles. The Labute approximate surface area is 190 Å². The normalized spacial score (nSPS) is 11.5. The van der Waals surface area contributed by atoms with Gasteiger partial charge in [-0.3, -0.25) is 20.4 Å². The molecule has 2 amide bonds. The van der Waals surface area contributed by atoms with Gasteiger partial charge < -0.3 is 14.2 Å². The summed E-state index contributed by atoms with van der Waals surface area (Å²) in [6.07, 6.45) is 0. The fourth-order valence-corrected chi connectivity index (χ4v) is 3.06. The maximum atomic E-state index is 12.3. The summed E-state index contributed by atoms with van der Waals surface area (Å²) in [5, 5.41) is 0. The van der Waals surface area contributed by atoms with Crippen LogP contribution in [0, 0.1) is 0 Å². The highest BCUT2D eigenvalue weighted by Crippen LogP contribution is 2.35. The van der Waals surface area contributed by atoms with E-state index in [-0.39, 0.29) is 17.4 Å². The van der Waals surface area contributed by atoms with E-state index in [1.807, 2.05) is 12.1 Å². The Morgan fingerprint density at radius 3 is 1.97 bits per heavy atom. The number of hydrazine groups is 1. The minimum atomic E-state index is -0.482. The topological polar surface area (TPSA) is 85.9 Å². The number of nitrogens with one attached hydrogen (secondary N) is 2. The molecule has 0 aliphatic rings. The van der Waals surface area contributed by atoms with Crippen LogP contribution in [0.1, 0.15) is 63.0 Å². The summed E-state index contributed by atoms with van der Waals surface area (Å²) >= 11 is 0. The fraction of sp³-hybridized carbons (Fsp3) is 0.440. The average molecular weight is 443 g/mol. The summed E-state index contributed by atoms with van der Waals surface area (Å²) in [5.41, 5.74) is 7.14. The first-order valence-electron chi connectivity index (χ1n) is 10.5. The minimum Gasteiger partial charge on any atom is -0.493 e. The molecule has 0 radical (unpaired) electrons. The van der Waals surface area contributed by atoms with Crippen LogP contribution in [0.25, 0.3) is 0 Å². The summed E-state index contributed by atoms with van der Waals surface area (Å²) in [7, 11) is 3.00. The zero-order valence-corrected chi connectivity index (χ0v) is 20.2. The molecule has 0 saturated heterocycles. The smallest absolute Gasteiger partial charge is 0.276 e. The van der Waals surface area contributed by atoms with Gasteiger partial charge in [0.15, 0.2) is 18.1 Å². The van der Waals surface area contributed by atoms with Gasteiger partial charge in [0, 0.05) is 5.56 Å². The molecule has 174 valence electrons. The molecular formula is C25H34N2O5. The van der Waals surface area contributed by atoms with Crippen LogP contribution >= 0.6 is 0 Å². The SMILES string of the molecule is COc1ccc(C(=O)NNC(=O)COc2ccc(C(C)(C)C)cc2C(C)(C)C)cc1OC. The lowest BCUT2D eigenvalue weighted by Crippen LogP contribution is -2.43. The number of ether oxygens (including phenoxy) is 3. The van der Waals surface area contributed by atoms with Gasteiger partial charge in [0.05, 0.1) is 14.2 Å². The Kier molecular flexibility index (Phi) is 7.78. The first-order chi connectivity index (χ1) is 14.9. The van der Waals surface area contributed by atoms with E-state index in [0.717, 1.165) is 5.56 Å². The predicted molar refractivity (Wildman–Crippen MR) is 124 cm³/mol. The Morgan fingerprint density at radius 1 is 0.781 bits per heavy atom. The fourth-order valence-electron chi connectivity index (χ4n) is 3.06. The molecule has 7 nitrogen and oxygen atoms in total. The van der Waals surface area contributed by atoms with Gasteiger partial charge in [0.1, 0.15) is 5.75 Å². The molecule has 0 aliphatic carbocycles. The highest BCUT2D eigenvalue weighted by atomic mass is 16.5. The molecule has 0 unspecified atom stereocenters. The van der Waals surface area contributed by atoms with Crippen molar-refractivity contribution in [1.82, 2.24) is 10.9 Å². The monoisotopic (exact) mass is 442 g/mol. The molecule has 2 aromatic carbocycles. The minimum absolute atomic E-state index is 0.00429. The highest BCUT2D eigenvalue weighted by Gasteiger charge is 2.23. The van der Waals surface area contributed by atoms with Crippen molar-refractivity contribution in [1.29, 1.82) is 0 Å². The van der Waals surface area contributed by atoms with E-state index >= 15 is 0 Å². The molecule has 7 heteroatoms. The molecular weight excluding hydrogens is 408 g/mol. The van der Waals surface area contributed by atoms with Crippen molar-refractivity contribution < 1.29 is 23.8 Å². The van der Waals surface area contributed by atoms with Gasteiger partial charge in [-0.05, 0) is 46.2 Å². The molecule has 2 N–H and O–H groups in total. The van der Waals surface area contributed by atoms with Crippen LogP contribution in [0.2, 0.25) is 0 Å². The van der Waals surface area contributed by atoms with Crippen LogP contribution in [0.4, 0.5) is 0 Å². The molecule has 0 fully saturated rings. The van der Waals surface area contributed by atoms with Crippen LogP contribution in [-0.2, 0) is 15.6 Å². The Hall–Kier alpha value is -3.22. The van der Waals surface area contributed by atoms with Gasteiger partial charge >= 0.3 is 0 Å². The van der Waals surface area contributed by atoms with Crippen molar-refractivity contribution in [3.8, 4) is 17.2 Å². The standard InChI is InChI=1S/C25H34N2O5/c1-24(2,3)17-10-12-19(18(14-17)25(4,5)6)32-15-22(28)26-27-23(29)16-9-11-20(30-7)21(13-16)31-8/h9-14H,15H2,1-8H3,(H,26,28)(H,27,29). The third kappa shape index (κ3) is 6.39. The highest BCUT2D eigenvalue weighted by molar-refractivity contribution is 5.96. The first kappa shape index (κ1) is 25.0. The molecule has 0 bridgehead atoms. The van der Waals surface area contributed by atoms with E-state index in [1.54, 1.807) is 12.1 Å². The van der Waals surface area contributed by atoms with Crippen molar-refractivity contribution in [2.75, 3.05) is 20.8 Å². The molecule has 0 atom stereocenters. The molecule has 2 aromatic rings. The summed E-state index contributed by atoms with van der Waals surface area (Å²) in [5.74, 6) is 0.617. The maximum absolute atomic E-state index is 12.3. The Morgan fingerprint density at radius 2 is 1.41 bits per heavy atom. The van der Waals surface area contributed by atoms with Crippen molar-refractivity contribution in [2.45, 2.75) is 52.4 Å². The van der Waals surface area contributed by atoms with E-state index in [1.165, 1.54) is 25.8 Å². The lowest BCUT2D eigenvalue weighted by atomic mass is 9.80. The number of hydrogen-bond acceptors (Lipinski definition) is 5. The predicted octanol–water partition coefficient (Wildman–Crippen LogP) is 4.14. The van der Waals surface area contributed by atoms with Crippen LogP contribution in [0.3, 0.4) is 0 Å². The van der Waals surface area contributed by atoms with Crippen LogP contribution < -0.4 is 25.1 Å². The first-order valence-corrected chi connectivity index (χ1v) is 10.5. The molecule has 32 heavy (non-hydrogen) atoms. The lowest BCUT2D eigenvalue weighted by molar-refractivity contribution is -0.123. The summed E-state index contributed by atoms with van der Waals surface area (Å²) in [6.45, 7) is 12.5. The number of carbonyl (C=O) groups excluding carboxylic acids is 2. The third-order valence-electron chi connectivity index (χ3n) is 4.97. The van der Waals surface area contributed by atoms with Crippen LogP contribution in [0.15, 0.2) is 36.4 Å². The second-order valence-corrected chi connectivity index (χ2v) is 9.57. The summed E-state index contributed by atoms with van der Waals surface area (Å²) in [4.78, 5) is 24.6. The van der Waals surface area contributed by atoms with Gasteiger partial charge in [0.2, 0.25) is 0 Å². The van der Waals surface area contributed by atoms with Crippen molar-refractivity contribution in [3.05, 3.63) is 53.1 Å². The molecule has 0 aromatic heterocycles. The van der Waals surface area contributed by atoms with Gasteiger partial charge in [-0.15, -0.1) is 0 Å². The van der Waals surface area contributed by atoms with Gasteiger partial charge in [-0.2, -0.15) is 0 Å². The third-order valence-corrected chi connectivity index (χ3v) is 4.97. The van der Waals surface area contributed by atoms with Crippen molar-refractivity contribution in [3.63, 3.8) is 0 Å². The Balaban J connectivity index is 2.02. The number of methoxy groups -OCH3 is 2. The molecule has 0 saturated carbocycles.